The van der Waals surface area contributed by atoms with Crippen LogP contribution in [0, 0.1) is 0 Å². The Labute approximate surface area is 121 Å². The summed E-state index contributed by atoms with van der Waals surface area (Å²) in [6, 6.07) is 30.3. The molecule has 1 nitrogen and oxygen atoms in total. The Morgan fingerprint density at radius 2 is 0.850 bits per heavy atom. The van der Waals surface area contributed by atoms with Gasteiger partial charge in [0.05, 0.1) is 0 Å². The van der Waals surface area contributed by atoms with Crippen molar-refractivity contribution in [1.82, 2.24) is 0 Å². The van der Waals surface area contributed by atoms with Crippen molar-refractivity contribution in [2.24, 2.45) is 0 Å². The van der Waals surface area contributed by atoms with Gasteiger partial charge in [0.25, 0.3) is 8.32 Å². The molecule has 98 valence electrons. The van der Waals surface area contributed by atoms with Crippen LogP contribution in [0.5, 0.6) is 0 Å². The first kappa shape index (κ1) is 11.6. The normalized spacial score (nSPS) is 11.9. The van der Waals surface area contributed by atoms with E-state index in [1.165, 1.54) is 0 Å². The third-order valence-corrected chi connectivity index (χ3v) is 6.98. The molecule has 0 aromatic heterocycles. The molecule has 0 saturated carbocycles. The minimum atomic E-state index is -2.73. The lowest BCUT2D eigenvalue weighted by Gasteiger charge is -2.26. The number of hydrogen-bond acceptors (Lipinski definition) is 1. The second-order valence-electron chi connectivity index (χ2n) is 4.78. The average molecular weight is 277 g/mol. The molecule has 0 amide bonds. The predicted molar refractivity (Wildman–Crippen MR) is 86.2 cm³/mol. The Morgan fingerprint density at radius 1 is 0.550 bits per heavy atom. The lowest BCUT2D eigenvalue weighted by Crippen LogP contribution is -2.67. The molecule has 0 bridgehead atoms. The van der Waals surface area contributed by atoms with Crippen LogP contribution >= 0.6 is 0 Å². The zero-order valence-corrected chi connectivity index (χ0v) is 12.1. The van der Waals surface area contributed by atoms with Gasteiger partial charge in [0, 0.05) is 0 Å². The van der Waals surface area contributed by atoms with Gasteiger partial charge in [-0.1, -0.05) is 91.0 Å². The van der Waals surface area contributed by atoms with Crippen molar-refractivity contribution in [3.63, 3.8) is 0 Å². The Morgan fingerprint density at radius 3 is 1.10 bits per heavy atom. The Balaban J connectivity index is 2.29. The van der Waals surface area contributed by atoms with Crippen LogP contribution < -0.4 is 15.6 Å². The first-order valence-corrected chi connectivity index (χ1v) is 8.59. The summed E-state index contributed by atoms with van der Waals surface area (Å²) in [5, 5.41) is 3.24. The molecule has 0 unspecified atom stereocenters. The molecule has 0 saturated heterocycles. The van der Waals surface area contributed by atoms with Gasteiger partial charge in [0.1, 0.15) is 0 Å². The van der Waals surface area contributed by atoms with Gasteiger partial charge in [-0.25, -0.2) is 0 Å². The van der Waals surface area contributed by atoms with Gasteiger partial charge in [-0.2, -0.15) is 0 Å². The molecular weight excluding hydrogens is 260 g/mol. The lowest BCUT2D eigenvalue weighted by atomic mass is 10.3. The molecule has 0 spiro atoms. The maximum absolute atomic E-state index is 7.88. The fourth-order valence-corrected chi connectivity index (χ4v) is 5.50. The highest BCUT2D eigenvalue weighted by Crippen LogP contribution is 2.03. The van der Waals surface area contributed by atoms with Gasteiger partial charge in [0.15, 0.2) is 1.43 Å². The molecule has 1 N–H and O–H groups in total. The second kappa shape index (κ2) is 5.45. The average Bonchev–Trinajstić information content (AvgIpc) is 2.59. The van der Waals surface area contributed by atoms with Crippen LogP contribution in [0.2, 0.25) is 0 Å². The largest absolute Gasteiger partial charge is 0.421 e. The molecular formula is C18H16OSi. The van der Waals surface area contributed by atoms with Crippen LogP contribution in [-0.2, 0) is 0 Å². The van der Waals surface area contributed by atoms with E-state index in [9.17, 15) is 0 Å². The Hall–Kier alpha value is -2.16. The topological polar surface area (TPSA) is 20.2 Å². The van der Waals surface area contributed by atoms with Crippen LogP contribution in [0.3, 0.4) is 0 Å². The van der Waals surface area contributed by atoms with Crippen molar-refractivity contribution in [1.29, 1.82) is 1.43 Å². The van der Waals surface area contributed by atoms with Crippen LogP contribution in [0.1, 0.15) is 0 Å². The van der Waals surface area contributed by atoms with Gasteiger partial charge in [-0.05, 0) is 15.6 Å². The second-order valence-corrected chi connectivity index (χ2v) is 7.87. The number of benzene rings is 3. The summed E-state index contributed by atoms with van der Waals surface area (Å²) < 4.78 is 7.88. The SMILES string of the molecule is [2H]O[Si](c1ccccc1)(c1ccccc1)c1ccccc1. The third kappa shape index (κ3) is 2.20. The molecule has 3 aromatic carbocycles. The molecule has 3 rings (SSSR count). The molecule has 0 aliphatic carbocycles. The number of rotatable bonds is 4. The van der Waals surface area contributed by atoms with Gasteiger partial charge in [0.2, 0.25) is 0 Å². The molecule has 0 aliphatic heterocycles. The summed E-state index contributed by atoms with van der Waals surface area (Å²) >= 11 is 0. The van der Waals surface area contributed by atoms with E-state index >= 15 is 0 Å². The van der Waals surface area contributed by atoms with E-state index in [1.54, 1.807) is 0 Å². The predicted octanol–water partition coefficient (Wildman–Crippen LogP) is 1.65. The molecule has 2 heteroatoms. The van der Waals surface area contributed by atoms with E-state index in [0.29, 0.717) is 0 Å². The lowest BCUT2D eigenvalue weighted by molar-refractivity contribution is 0.583. The maximum atomic E-state index is 7.88. The maximum Gasteiger partial charge on any atom is 0.285 e. The highest BCUT2D eigenvalue weighted by Gasteiger charge is 2.37. The summed E-state index contributed by atoms with van der Waals surface area (Å²) in [4.78, 5) is 5.48. The molecule has 20 heavy (non-hydrogen) atoms. The highest BCUT2D eigenvalue weighted by molar-refractivity contribution is 7.06. The van der Waals surface area contributed by atoms with Crippen LogP contribution in [0.15, 0.2) is 91.0 Å². The van der Waals surface area contributed by atoms with Crippen LogP contribution in [-0.4, -0.2) is 14.5 Å². The van der Waals surface area contributed by atoms with Crippen molar-refractivity contribution in [2.45, 2.75) is 0 Å². The molecule has 0 aliphatic rings. The summed E-state index contributed by atoms with van der Waals surface area (Å²) in [5.41, 5.74) is 0. The highest BCUT2D eigenvalue weighted by atomic mass is 28.4. The van der Waals surface area contributed by atoms with E-state index in [4.69, 9.17) is 6.23 Å². The smallest absolute Gasteiger partial charge is 0.285 e. The minimum absolute atomic E-state index is 1.08. The van der Waals surface area contributed by atoms with Gasteiger partial charge >= 0.3 is 0 Å². The molecule has 0 radical (unpaired) electrons. The van der Waals surface area contributed by atoms with Gasteiger partial charge < -0.3 is 4.80 Å². The first-order valence-electron chi connectivity index (χ1n) is 7.09. The van der Waals surface area contributed by atoms with E-state index in [1.807, 2.05) is 54.6 Å². The Kier molecular flexibility index (Phi) is 3.17. The molecule has 3 aromatic rings. The fourth-order valence-electron chi connectivity index (χ4n) is 2.52. The van der Waals surface area contributed by atoms with Crippen LogP contribution in [0.25, 0.3) is 0 Å². The summed E-state index contributed by atoms with van der Waals surface area (Å²) in [6.07, 6.45) is 0. The van der Waals surface area contributed by atoms with E-state index in [0.717, 1.165) is 15.6 Å². The molecule has 0 atom stereocenters. The van der Waals surface area contributed by atoms with Crippen molar-refractivity contribution < 1.29 is 4.80 Å². The standard InChI is InChI=1S/C18H16OSi/c19-20(16-10-4-1-5-11-16,17-12-6-2-7-13-17)18-14-8-3-9-15-18/h1-15,19H/i19D. The van der Waals surface area contributed by atoms with Crippen LogP contribution in [0.4, 0.5) is 0 Å². The third-order valence-electron chi connectivity index (χ3n) is 3.54. The monoisotopic (exact) mass is 277 g/mol. The van der Waals surface area contributed by atoms with E-state index in [-0.39, 0.29) is 0 Å². The van der Waals surface area contributed by atoms with Crippen molar-refractivity contribution in [3.05, 3.63) is 91.0 Å². The van der Waals surface area contributed by atoms with Crippen molar-refractivity contribution in [2.75, 3.05) is 0 Å². The van der Waals surface area contributed by atoms with Crippen molar-refractivity contribution >= 4 is 23.9 Å². The van der Waals surface area contributed by atoms with Gasteiger partial charge in [-0.3, -0.25) is 0 Å². The Bertz CT molecular complexity index is 590. The molecule has 0 heterocycles. The summed E-state index contributed by atoms with van der Waals surface area (Å²) in [7, 11) is -2.73. The summed E-state index contributed by atoms with van der Waals surface area (Å²) in [5.74, 6) is 0. The molecule has 0 fully saturated rings. The van der Waals surface area contributed by atoms with E-state index in [2.05, 4.69) is 36.4 Å². The zero-order valence-electron chi connectivity index (χ0n) is 12.1. The summed E-state index contributed by atoms with van der Waals surface area (Å²) in [6.45, 7) is 0. The minimum Gasteiger partial charge on any atom is -0.421 e. The van der Waals surface area contributed by atoms with E-state index < -0.39 is 8.32 Å². The fraction of sp³-hybridized carbons (Fsp3) is 0. The van der Waals surface area contributed by atoms with Gasteiger partial charge in [-0.15, -0.1) is 0 Å². The number of hydrogen-bond donors (Lipinski definition) is 1. The quantitative estimate of drug-likeness (QED) is 0.568. The van der Waals surface area contributed by atoms with Crippen molar-refractivity contribution in [3.8, 4) is 0 Å². The first-order chi connectivity index (χ1) is 10.4. The zero-order chi connectivity index (χ0) is 14.5.